The first kappa shape index (κ1) is 13.0. The van der Waals surface area contributed by atoms with E-state index >= 15 is 0 Å². The van der Waals surface area contributed by atoms with E-state index in [-0.39, 0.29) is 17.9 Å². The Hall–Kier alpha value is -2.04. The molecule has 1 amide bonds. The predicted molar refractivity (Wildman–Crippen MR) is 74.6 cm³/mol. The molecule has 3 rings (SSSR count). The molecule has 0 aromatic heterocycles. The largest absolute Gasteiger partial charge is 0.481 e. The number of nitrogens with one attached hydrogen (secondary N) is 1. The van der Waals surface area contributed by atoms with Crippen LogP contribution in [-0.4, -0.2) is 41.0 Å². The number of fused-ring (bicyclic) bond motifs is 1. The van der Waals surface area contributed by atoms with Crippen molar-refractivity contribution in [3.05, 3.63) is 29.8 Å². The third-order valence-corrected chi connectivity index (χ3v) is 4.49. The molecule has 3 unspecified atom stereocenters. The molecule has 0 bridgehead atoms. The highest BCUT2D eigenvalue weighted by Gasteiger charge is 2.41. The Morgan fingerprint density at radius 2 is 2.10 bits per heavy atom. The third kappa shape index (κ3) is 1.94. The molecular formula is C15H18N2O3. The number of amides is 1. The highest BCUT2D eigenvalue weighted by Crippen LogP contribution is 2.35. The number of hydrogen-bond acceptors (Lipinski definition) is 3. The van der Waals surface area contributed by atoms with E-state index in [9.17, 15) is 9.59 Å². The molecule has 2 aliphatic heterocycles. The Bertz CT molecular complexity index is 558. The average Bonchev–Trinajstić information content (AvgIpc) is 3.01. The van der Waals surface area contributed by atoms with Crippen molar-refractivity contribution in [1.29, 1.82) is 0 Å². The van der Waals surface area contributed by atoms with Crippen molar-refractivity contribution < 1.29 is 14.7 Å². The van der Waals surface area contributed by atoms with Gasteiger partial charge in [-0.05, 0) is 25.0 Å². The van der Waals surface area contributed by atoms with E-state index in [0.717, 1.165) is 11.3 Å². The van der Waals surface area contributed by atoms with Gasteiger partial charge in [-0.1, -0.05) is 18.2 Å². The molecule has 0 aliphatic carbocycles. The zero-order chi connectivity index (χ0) is 14.3. The molecule has 0 spiro atoms. The molecule has 1 aromatic carbocycles. The lowest BCUT2D eigenvalue weighted by Crippen LogP contribution is -2.40. The Kier molecular flexibility index (Phi) is 3.12. The monoisotopic (exact) mass is 274 g/mol. The molecule has 1 aromatic rings. The number of rotatable bonds is 2. The normalized spacial score (nSPS) is 28.1. The number of anilines is 1. The minimum Gasteiger partial charge on any atom is -0.481 e. The summed E-state index contributed by atoms with van der Waals surface area (Å²) in [7, 11) is 0. The van der Waals surface area contributed by atoms with Crippen molar-refractivity contribution in [1.82, 2.24) is 4.90 Å². The summed E-state index contributed by atoms with van der Waals surface area (Å²) in [6, 6.07) is 7.58. The minimum absolute atomic E-state index is 0.0405. The van der Waals surface area contributed by atoms with Gasteiger partial charge in [0.15, 0.2) is 0 Å². The second-order valence-electron chi connectivity index (χ2n) is 5.53. The minimum atomic E-state index is -0.808. The van der Waals surface area contributed by atoms with Crippen molar-refractivity contribution >= 4 is 17.6 Å². The molecular weight excluding hydrogens is 256 g/mol. The zero-order valence-electron chi connectivity index (χ0n) is 11.4. The molecule has 5 heteroatoms. The number of para-hydroxylation sites is 1. The first-order valence-corrected chi connectivity index (χ1v) is 6.95. The molecule has 5 nitrogen and oxygen atoms in total. The van der Waals surface area contributed by atoms with Crippen LogP contribution in [0.1, 0.15) is 24.8 Å². The Balaban J connectivity index is 1.80. The van der Waals surface area contributed by atoms with Gasteiger partial charge in [-0.25, -0.2) is 0 Å². The van der Waals surface area contributed by atoms with Crippen molar-refractivity contribution in [2.24, 2.45) is 5.92 Å². The van der Waals surface area contributed by atoms with Gasteiger partial charge in [0.05, 0.1) is 11.8 Å². The maximum absolute atomic E-state index is 12.7. The fourth-order valence-electron chi connectivity index (χ4n) is 3.29. The number of carbonyl (C=O) groups excluding carboxylic acids is 1. The maximum Gasteiger partial charge on any atom is 0.308 e. The summed E-state index contributed by atoms with van der Waals surface area (Å²) in [4.78, 5) is 25.6. The first-order valence-electron chi connectivity index (χ1n) is 6.95. The quantitative estimate of drug-likeness (QED) is 0.858. The third-order valence-electron chi connectivity index (χ3n) is 4.49. The number of carboxylic acids is 1. The van der Waals surface area contributed by atoms with Crippen LogP contribution in [0.15, 0.2) is 24.3 Å². The smallest absolute Gasteiger partial charge is 0.308 e. The number of carboxylic acid groups (broad SMARTS) is 1. The van der Waals surface area contributed by atoms with Crippen molar-refractivity contribution in [2.75, 3.05) is 18.4 Å². The van der Waals surface area contributed by atoms with Crippen LogP contribution in [0.4, 0.5) is 5.69 Å². The van der Waals surface area contributed by atoms with Crippen LogP contribution in [0.5, 0.6) is 0 Å². The van der Waals surface area contributed by atoms with Crippen LogP contribution in [0, 0.1) is 5.92 Å². The molecule has 1 fully saturated rings. The van der Waals surface area contributed by atoms with Gasteiger partial charge in [-0.15, -0.1) is 0 Å². The summed E-state index contributed by atoms with van der Waals surface area (Å²) in [5, 5.41) is 12.4. The number of carbonyl (C=O) groups is 2. The van der Waals surface area contributed by atoms with Crippen molar-refractivity contribution in [2.45, 2.75) is 25.3 Å². The van der Waals surface area contributed by atoms with Crippen LogP contribution in [0.2, 0.25) is 0 Å². The van der Waals surface area contributed by atoms with Gasteiger partial charge in [-0.2, -0.15) is 0 Å². The zero-order valence-corrected chi connectivity index (χ0v) is 11.4. The van der Waals surface area contributed by atoms with E-state index in [4.69, 9.17) is 5.11 Å². The Labute approximate surface area is 117 Å². The molecule has 2 heterocycles. The van der Waals surface area contributed by atoms with Crippen molar-refractivity contribution in [3.8, 4) is 0 Å². The van der Waals surface area contributed by atoms with Crippen LogP contribution < -0.4 is 5.32 Å². The summed E-state index contributed by atoms with van der Waals surface area (Å²) in [6.07, 6.45) is 0.546. The van der Waals surface area contributed by atoms with Crippen LogP contribution >= 0.6 is 0 Å². The van der Waals surface area contributed by atoms with Gasteiger partial charge in [0.2, 0.25) is 5.91 Å². The van der Waals surface area contributed by atoms with Gasteiger partial charge in [-0.3, -0.25) is 9.59 Å². The van der Waals surface area contributed by atoms with Gasteiger partial charge in [0.25, 0.3) is 0 Å². The lowest BCUT2D eigenvalue weighted by atomic mass is 9.98. The van der Waals surface area contributed by atoms with E-state index in [1.54, 1.807) is 4.90 Å². The van der Waals surface area contributed by atoms with Crippen molar-refractivity contribution in [3.63, 3.8) is 0 Å². The van der Waals surface area contributed by atoms with Gasteiger partial charge < -0.3 is 15.3 Å². The maximum atomic E-state index is 12.7. The highest BCUT2D eigenvalue weighted by atomic mass is 16.4. The van der Waals surface area contributed by atoms with E-state index in [1.807, 2.05) is 31.2 Å². The number of aliphatic carboxylic acids is 1. The molecule has 0 radical (unpaired) electrons. The second kappa shape index (κ2) is 4.81. The van der Waals surface area contributed by atoms with Gasteiger partial charge >= 0.3 is 5.97 Å². The predicted octanol–water partition coefficient (Wildman–Crippen LogP) is 1.52. The summed E-state index contributed by atoms with van der Waals surface area (Å²) in [6.45, 7) is 2.97. The fourth-order valence-corrected chi connectivity index (χ4v) is 3.29. The summed E-state index contributed by atoms with van der Waals surface area (Å²) in [5.41, 5.74) is 2.02. The fraction of sp³-hybridized carbons (Fsp3) is 0.467. The number of benzene rings is 1. The summed E-state index contributed by atoms with van der Waals surface area (Å²) < 4.78 is 0. The van der Waals surface area contributed by atoms with E-state index in [0.29, 0.717) is 19.5 Å². The lowest BCUT2D eigenvalue weighted by molar-refractivity contribution is -0.143. The number of hydrogen-bond donors (Lipinski definition) is 2. The SMILES string of the molecule is CC1C(C(=O)O)CCN1C(=O)C1CNc2ccccc21. The van der Waals surface area contributed by atoms with Crippen LogP contribution in [-0.2, 0) is 9.59 Å². The van der Waals surface area contributed by atoms with Gasteiger partial charge in [0, 0.05) is 24.8 Å². The standard InChI is InChI=1S/C15H18N2O3/c1-9-10(15(19)20)6-7-17(9)14(18)12-8-16-13-5-3-2-4-11(12)13/h2-5,9-10,12,16H,6-8H2,1H3,(H,19,20). The molecule has 0 saturated carbocycles. The first-order chi connectivity index (χ1) is 9.59. The number of likely N-dealkylation sites (tertiary alicyclic amines) is 1. The topological polar surface area (TPSA) is 69.6 Å². The summed E-state index contributed by atoms with van der Waals surface area (Å²) in [5.74, 6) is -1.40. The molecule has 1 saturated heterocycles. The van der Waals surface area contributed by atoms with E-state index in [2.05, 4.69) is 5.32 Å². The highest BCUT2D eigenvalue weighted by molar-refractivity contribution is 5.89. The van der Waals surface area contributed by atoms with Gasteiger partial charge in [0.1, 0.15) is 0 Å². The molecule has 20 heavy (non-hydrogen) atoms. The number of nitrogens with zero attached hydrogens (tertiary/aromatic N) is 1. The molecule has 2 N–H and O–H groups in total. The summed E-state index contributed by atoms with van der Waals surface area (Å²) >= 11 is 0. The average molecular weight is 274 g/mol. The van der Waals surface area contributed by atoms with E-state index in [1.165, 1.54) is 0 Å². The molecule has 106 valence electrons. The molecule has 3 atom stereocenters. The van der Waals surface area contributed by atoms with Crippen LogP contribution in [0.3, 0.4) is 0 Å². The molecule has 2 aliphatic rings. The lowest BCUT2D eigenvalue weighted by Gasteiger charge is -2.26. The Morgan fingerprint density at radius 1 is 1.35 bits per heavy atom. The second-order valence-corrected chi connectivity index (χ2v) is 5.53. The van der Waals surface area contributed by atoms with E-state index < -0.39 is 11.9 Å². The van der Waals surface area contributed by atoms with Crippen LogP contribution in [0.25, 0.3) is 0 Å². The Morgan fingerprint density at radius 3 is 2.80 bits per heavy atom.